The maximum Gasteiger partial charge on any atom is 0.128 e. The van der Waals surface area contributed by atoms with Crippen LogP contribution in [0.1, 0.15) is 16.8 Å². The fourth-order valence-corrected chi connectivity index (χ4v) is 3.18. The molecule has 94 valence electrons. The summed E-state index contributed by atoms with van der Waals surface area (Å²) in [6, 6.07) is 0. The third-order valence-electron chi connectivity index (χ3n) is 3.21. The molecule has 1 fully saturated rings. The molecule has 0 radical (unpaired) electrons. The maximum absolute atomic E-state index is 5.42. The van der Waals surface area contributed by atoms with E-state index in [1.807, 2.05) is 24.9 Å². The molecule has 3 nitrogen and oxygen atoms in total. The zero-order valence-corrected chi connectivity index (χ0v) is 11.6. The summed E-state index contributed by atoms with van der Waals surface area (Å²) in [6.45, 7) is 6.49. The molecular weight excluding hydrogens is 232 g/mol. The summed E-state index contributed by atoms with van der Waals surface area (Å²) >= 11 is 1.97. The number of aromatic nitrogens is 1. The summed E-state index contributed by atoms with van der Waals surface area (Å²) in [5, 5.41) is 3.30. The lowest BCUT2D eigenvalue weighted by Crippen LogP contribution is -2.43. The average Bonchev–Trinajstić information content (AvgIpc) is 2.25. The first-order valence-electron chi connectivity index (χ1n) is 6.00. The van der Waals surface area contributed by atoms with E-state index in [1.165, 1.54) is 24.4 Å². The molecule has 1 aliphatic heterocycles. The van der Waals surface area contributed by atoms with Crippen molar-refractivity contribution in [1.82, 2.24) is 10.3 Å². The molecule has 0 amide bonds. The average molecular weight is 252 g/mol. The van der Waals surface area contributed by atoms with E-state index in [4.69, 9.17) is 4.74 Å². The van der Waals surface area contributed by atoms with Gasteiger partial charge in [-0.25, -0.2) is 0 Å². The molecule has 2 heterocycles. The van der Waals surface area contributed by atoms with Crippen LogP contribution in [-0.4, -0.2) is 30.9 Å². The summed E-state index contributed by atoms with van der Waals surface area (Å²) in [7, 11) is 1.73. The molecule has 1 aliphatic rings. The van der Waals surface area contributed by atoms with E-state index < -0.39 is 0 Å². The Bertz CT molecular complexity index is 391. The highest BCUT2D eigenvalue weighted by Gasteiger charge is 2.17. The number of pyridine rings is 1. The topological polar surface area (TPSA) is 34.1 Å². The molecule has 0 unspecified atom stereocenters. The van der Waals surface area contributed by atoms with E-state index in [9.17, 15) is 0 Å². The van der Waals surface area contributed by atoms with Crippen molar-refractivity contribution < 1.29 is 4.74 Å². The number of methoxy groups -OCH3 is 1. The number of thioether (sulfide) groups is 1. The predicted molar refractivity (Wildman–Crippen MR) is 72.8 cm³/mol. The maximum atomic E-state index is 5.42. The second-order valence-electron chi connectivity index (χ2n) is 4.59. The zero-order valence-electron chi connectivity index (χ0n) is 10.7. The first kappa shape index (κ1) is 12.7. The van der Waals surface area contributed by atoms with Crippen LogP contribution in [0.5, 0.6) is 5.75 Å². The normalized spacial score (nSPS) is 15.7. The molecule has 1 saturated heterocycles. The number of nitrogens with one attached hydrogen (secondary N) is 1. The second-order valence-corrected chi connectivity index (χ2v) is 5.62. The molecule has 0 aromatic carbocycles. The SMILES string of the molecule is COc1c(C)cnc(CSCC2CNC2)c1C. The lowest BCUT2D eigenvalue weighted by Gasteiger charge is -2.26. The lowest BCUT2D eigenvalue weighted by molar-refractivity contribution is 0.385. The summed E-state index contributed by atoms with van der Waals surface area (Å²) in [4.78, 5) is 4.51. The minimum atomic E-state index is 0.854. The van der Waals surface area contributed by atoms with Gasteiger partial charge in [-0.15, -0.1) is 0 Å². The lowest BCUT2D eigenvalue weighted by atomic mass is 10.1. The van der Waals surface area contributed by atoms with Gasteiger partial charge in [0.2, 0.25) is 0 Å². The van der Waals surface area contributed by atoms with Crippen LogP contribution in [0.2, 0.25) is 0 Å². The van der Waals surface area contributed by atoms with Crippen LogP contribution < -0.4 is 10.1 Å². The van der Waals surface area contributed by atoms with Crippen LogP contribution in [-0.2, 0) is 5.75 Å². The summed E-state index contributed by atoms with van der Waals surface area (Å²) in [6.07, 6.45) is 1.91. The Hall–Kier alpha value is -0.740. The van der Waals surface area contributed by atoms with E-state index >= 15 is 0 Å². The van der Waals surface area contributed by atoms with Crippen molar-refractivity contribution in [3.05, 3.63) is 23.0 Å². The Balaban J connectivity index is 1.95. The summed E-state index contributed by atoms with van der Waals surface area (Å²) in [5.74, 6) is 4.05. The quantitative estimate of drug-likeness (QED) is 0.871. The molecule has 0 bridgehead atoms. The molecule has 1 aromatic rings. The highest BCUT2D eigenvalue weighted by molar-refractivity contribution is 7.98. The van der Waals surface area contributed by atoms with Crippen LogP contribution >= 0.6 is 11.8 Å². The Morgan fingerprint density at radius 1 is 1.47 bits per heavy atom. The second kappa shape index (κ2) is 5.74. The standard InChI is InChI=1S/C13H20N2OS/c1-9-4-15-12(10(2)13(9)16-3)8-17-7-11-5-14-6-11/h4,11,14H,5-8H2,1-3H3. The van der Waals surface area contributed by atoms with Gasteiger partial charge in [-0.3, -0.25) is 4.98 Å². The van der Waals surface area contributed by atoms with E-state index in [0.29, 0.717) is 0 Å². The van der Waals surface area contributed by atoms with Crippen molar-refractivity contribution in [3.63, 3.8) is 0 Å². The van der Waals surface area contributed by atoms with Crippen molar-refractivity contribution in [3.8, 4) is 5.75 Å². The molecule has 17 heavy (non-hydrogen) atoms. The molecule has 0 spiro atoms. The number of hydrogen-bond donors (Lipinski definition) is 1. The van der Waals surface area contributed by atoms with Gasteiger partial charge in [-0.05, 0) is 38.6 Å². The molecule has 0 saturated carbocycles. The van der Waals surface area contributed by atoms with Gasteiger partial charge in [0.25, 0.3) is 0 Å². The first-order chi connectivity index (χ1) is 8.22. The van der Waals surface area contributed by atoms with Gasteiger partial charge in [-0.2, -0.15) is 11.8 Å². The Kier molecular flexibility index (Phi) is 4.29. The zero-order chi connectivity index (χ0) is 12.3. The minimum Gasteiger partial charge on any atom is -0.496 e. The monoisotopic (exact) mass is 252 g/mol. The van der Waals surface area contributed by atoms with Gasteiger partial charge < -0.3 is 10.1 Å². The molecule has 0 atom stereocenters. The number of hydrogen-bond acceptors (Lipinski definition) is 4. The third kappa shape index (κ3) is 2.93. The number of nitrogens with zero attached hydrogens (tertiary/aromatic N) is 1. The molecule has 4 heteroatoms. The third-order valence-corrected chi connectivity index (χ3v) is 4.39. The van der Waals surface area contributed by atoms with Crippen molar-refractivity contribution in [2.24, 2.45) is 5.92 Å². The highest BCUT2D eigenvalue weighted by atomic mass is 32.2. The first-order valence-corrected chi connectivity index (χ1v) is 7.15. The Labute approximate surface area is 107 Å². The van der Waals surface area contributed by atoms with Gasteiger partial charge in [-0.1, -0.05) is 0 Å². The summed E-state index contributed by atoms with van der Waals surface area (Å²) in [5.41, 5.74) is 3.46. The van der Waals surface area contributed by atoms with E-state index in [-0.39, 0.29) is 0 Å². The van der Waals surface area contributed by atoms with Crippen molar-refractivity contribution in [2.75, 3.05) is 26.0 Å². The molecule has 0 aliphatic carbocycles. The number of rotatable bonds is 5. The van der Waals surface area contributed by atoms with Crippen molar-refractivity contribution in [2.45, 2.75) is 19.6 Å². The van der Waals surface area contributed by atoms with Crippen LogP contribution in [0.25, 0.3) is 0 Å². The summed E-state index contributed by atoms with van der Waals surface area (Å²) < 4.78 is 5.42. The highest BCUT2D eigenvalue weighted by Crippen LogP contribution is 2.27. The van der Waals surface area contributed by atoms with Crippen LogP contribution in [0, 0.1) is 19.8 Å². The van der Waals surface area contributed by atoms with E-state index in [2.05, 4.69) is 17.2 Å². The fourth-order valence-electron chi connectivity index (χ4n) is 2.01. The van der Waals surface area contributed by atoms with Gasteiger partial charge in [0.1, 0.15) is 5.75 Å². The largest absolute Gasteiger partial charge is 0.496 e. The van der Waals surface area contributed by atoms with Gasteiger partial charge in [0, 0.05) is 23.1 Å². The molecular formula is C13H20N2OS. The molecule has 1 aromatic heterocycles. The number of ether oxygens (including phenoxy) is 1. The van der Waals surface area contributed by atoms with Gasteiger partial charge in [0.15, 0.2) is 0 Å². The fraction of sp³-hybridized carbons (Fsp3) is 0.615. The molecule has 1 N–H and O–H groups in total. The van der Waals surface area contributed by atoms with Gasteiger partial charge in [0.05, 0.1) is 12.8 Å². The smallest absolute Gasteiger partial charge is 0.128 e. The van der Waals surface area contributed by atoms with E-state index in [0.717, 1.165) is 28.7 Å². The van der Waals surface area contributed by atoms with E-state index in [1.54, 1.807) is 7.11 Å². The number of aryl methyl sites for hydroxylation is 1. The van der Waals surface area contributed by atoms with Crippen LogP contribution in [0.15, 0.2) is 6.20 Å². The Morgan fingerprint density at radius 3 is 2.82 bits per heavy atom. The Morgan fingerprint density at radius 2 is 2.24 bits per heavy atom. The van der Waals surface area contributed by atoms with Crippen LogP contribution in [0.3, 0.4) is 0 Å². The predicted octanol–water partition coefficient (Wildman–Crippen LogP) is 2.16. The minimum absolute atomic E-state index is 0.854. The van der Waals surface area contributed by atoms with Crippen molar-refractivity contribution >= 4 is 11.8 Å². The van der Waals surface area contributed by atoms with Crippen molar-refractivity contribution in [1.29, 1.82) is 0 Å². The van der Waals surface area contributed by atoms with Crippen LogP contribution in [0.4, 0.5) is 0 Å². The molecule has 2 rings (SSSR count). The van der Waals surface area contributed by atoms with Gasteiger partial charge >= 0.3 is 0 Å².